The molecule has 1 saturated heterocycles. The van der Waals surface area contributed by atoms with Crippen molar-refractivity contribution in [2.45, 2.75) is 157 Å². The highest BCUT2D eigenvalue weighted by molar-refractivity contribution is 6.02. The predicted molar refractivity (Wildman–Crippen MR) is 196 cm³/mol. The summed E-state index contributed by atoms with van der Waals surface area (Å²) in [6, 6.07) is 0. The number of carbonyl (C=O) groups excluding carboxylic acids is 3. The molecule has 5 fully saturated rings. The maximum atomic E-state index is 13.9. The topological polar surface area (TPSA) is 122 Å². The fourth-order valence-corrected chi connectivity index (χ4v) is 13.1. The lowest BCUT2D eigenvalue weighted by Gasteiger charge is -2.72. The molecule has 2 N–H and O–H groups in total. The number of ketones is 1. The van der Waals surface area contributed by atoms with E-state index in [0.717, 1.165) is 82.9 Å². The Kier molecular flexibility index (Phi) is 9.66. The Morgan fingerprint density at radius 2 is 1.55 bits per heavy atom. The average molecular weight is 711 g/mol. The van der Waals surface area contributed by atoms with Crippen LogP contribution in [0.4, 0.5) is 4.79 Å². The second kappa shape index (κ2) is 12.9. The number of aliphatic carboxylic acids is 1. The van der Waals surface area contributed by atoms with Crippen LogP contribution in [0.5, 0.6) is 0 Å². The van der Waals surface area contributed by atoms with Crippen molar-refractivity contribution < 1.29 is 33.8 Å². The number of esters is 1. The van der Waals surface area contributed by atoms with E-state index in [0.29, 0.717) is 18.3 Å². The first kappa shape index (κ1) is 38.3. The molecule has 1 heterocycles. The Labute approximate surface area is 306 Å². The molecule has 5 aliphatic carbocycles. The van der Waals surface area contributed by atoms with E-state index in [9.17, 15) is 24.3 Å². The standard InChI is InChI=1S/C42H66N2O7/c1-25(2)33-28(45)23-42(43-36(49)50-26-15-21-44(10)22-16-26)20-19-40(8)27(34(33)42)11-12-30-39(7)17-14-31(51-32(46)24-37(3,4)35(47)48)38(5,6)29(39)13-18-41(30,40)9/h25-27,29-31H,11-24H2,1-10H3,(H,43,49)(H,47,48)/t27?,29?,30?,31-,39-,40+,41+,42?/m0/s1. The minimum Gasteiger partial charge on any atom is -0.481 e. The molecule has 1 aliphatic heterocycles. The van der Waals surface area contributed by atoms with Crippen molar-refractivity contribution in [2.75, 3.05) is 20.1 Å². The van der Waals surface area contributed by atoms with Crippen LogP contribution >= 0.6 is 0 Å². The Balaban J connectivity index is 1.26. The molecule has 0 spiro atoms. The van der Waals surface area contributed by atoms with Crippen molar-refractivity contribution in [3.05, 3.63) is 11.1 Å². The Bertz CT molecular complexity index is 1470. The van der Waals surface area contributed by atoms with Crippen molar-refractivity contribution in [3.8, 4) is 0 Å². The van der Waals surface area contributed by atoms with Crippen molar-refractivity contribution in [1.82, 2.24) is 10.2 Å². The molecule has 9 nitrogen and oxygen atoms in total. The summed E-state index contributed by atoms with van der Waals surface area (Å²) in [5.41, 5.74) is 0.119. The maximum Gasteiger partial charge on any atom is 0.408 e. The summed E-state index contributed by atoms with van der Waals surface area (Å²) in [7, 11) is 2.10. The van der Waals surface area contributed by atoms with Gasteiger partial charge in [-0.05, 0) is 136 Å². The van der Waals surface area contributed by atoms with Gasteiger partial charge in [-0.3, -0.25) is 14.4 Å². The number of Topliss-reactive ketones (excluding diaryl/α,β-unsaturated/α-hetero) is 1. The van der Waals surface area contributed by atoms with Gasteiger partial charge in [0.15, 0.2) is 5.78 Å². The zero-order valence-electron chi connectivity index (χ0n) is 33.2. The minimum atomic E-state index is -1.17. The van der Waals surface area contributed by atoms with Crippen LogP contribution in [0.3, 0.4) is 0 Å². The molecular formula is C42H66N2O7. The van der Waals surface area contributed by atoms with E-state index in [2.05, 4.69) is 65.7 Å². The Hall–Kier alpha value is -2.42. The predicted octanol–water partition coefficient (Wildman–Crippen LogP) is 7.95. The van der Waals surface area contributed by atoms with E-state index in [-0.39, 0.29) is 64.0 Å². The normalized spacial score (nSPS) is 39.8. The number of allylic oxidation sites excluding steroid dienone is 1. The third-order valence-electron chi connectivity index (χ3n) is 16.1. The van der Waals surface area contributed by atoms with Gasteiger partial charge in [-0.15, -0.1) is 0 Å². The minimum absolute atomic E-state index is 0.0355. The van der Waals surface area contributed by atoms with E-state index < -0.39 is 22.9 Å². The first-order valence-corrected chi connectivity index (χ1v) is 20.0. The number of likely N-dealkylation sites (tertiary alicyclic amines) is 1. The van der Waals surface area contributed by atoms with Crippen LogP contribution in [0.15, 0.2) is 11.1 Å². The van der Waals surface area contributed by atoms with Gasteiger partial charge in [-0.1, -0.05) is 48.5 Å². The van der Waals surface area contributed by atoms with Gasteiger partial charge in [0.2, 0.25) is 0 Å². The quantitative estimate of drug-likeness (QED) is 0.255. The number of ether oxygens (including phenoxy) is 2. The smallest absolute Gasteiger partial charge is 0.408 e. The summed E-state index contributed by atoms with van der Waals surface area (Å²) in [6.45, 7) is 21.3. The number of nitrogens with zero attached hydrogens (tertiary/aromatic N) is 1. The summed E-state index contributed by atoms with van der Waals surface area (Å²) in [4.78, 5) is 54.6. The van der Waals surface area contributed by atoms with Crippen LogP contribution in [0.25, 0.3) is 0 Å². The molecule has 6 rings (SSSR count). The van der Waals surface area contributed by atoms with E-state index >= 15 is 0 Å². The second-order valence-electron chi connectivity index (χ2n) is 20.0. The monoisotopic (exact) mass is 710 g/mol. The zero-order chi connectivity index (χ0) is 37.5. The highest BCUT2D eigenvalue weighted by atomic mass is 16.6. The largest absolute Gasteiger partial charge is 0.481 e. The molecule has 0 aromatic carbocycles. The highest BCUT2D eigenvalue weighted by Crippen LogP contribution is 2.76. The zero-order valence-corrected chi connectivity index (χ0v) is 33.2. The van der Waals surface area contributed by atoms with Gasteiger partial charge in [0.05, 0.1) is 17.4 Å². The fraction of sp³-hybridized carbons (Fsp3) is 0.857. The van der Waals surface area contributed by atoms with Crippen LogP contribution in [0.2, 0.25) is 0 Å². The van der Waals surface area contributed by atoms with Crippen LogP contribution < -0.4 is 5.32 Å². The number of nitrogens with one attached hydrogen (secondary N) is 1. The molecule has 1 amide bonds. The number of hydrogen-bond donors (Lipinski definition) is 2. The van der Waals surface area contributed by atoms with Gasteiger partial charge in [-0.25, -0.2) is 4.79 Å². The highest BCUT2D eigenvalue weighted by Gasteiger charge is 2.70. The summed E-state index contributed by atoms with van der Waals surface area (Å²) in [5, 5.41) is 13.0. The van der Waals surface area contributed by atoms with Gasteiger partial charge < -0.3 is 24.8 Å². The summed E-state index contributed by atoms with van der Waals surface area (Å²) in [6.07, 6.45) is 8.75. The van der Waals surface area contributed by atoms with E-state index in [1.54, 1.807) is 13.8 Å². The molecule has 0 radical (unpaired) electrons. The van der Waals surface area contributed by atoms with Crippen molar-refractivity contribution in [2.24, 2.45) is 50.7 Å². The van der Waals surface area contributed by atoms with Crippen LogP contribution in [-0.4, -0.2) is 71.7 Å². The average Bonchev–Trinajstić information content (AvgIpc) is 3.31. The van der Waals surface area contributed by atoms with Crippen LogP contribution in [-0.2, 0) is 23.9 Å². The fourth-order valence-electron chi connectivity index (χ4n) is 13.1. The van der Waals surface area contributed by atoms with Gasteiger partial charge in [0.25, 0.3) is 0 Å². The van der Waals surface area contributed by atoms with Crippen molar-refractivity contribution in [1.29, 1.82) is 0 Å². The van der Waals surface area contributed by atoms with E-state index in [4.69, 9.17) is 9.47 Å². The molecule has 8 atom stereocenters. The molecule has 4 unspecified atom stereocenters. The third kappa shape index (κ3) is 6.07. The number of carboxylic acid groups (broad SMARTS) is 1. The molecule has 51 heavy (non-hydrogen) atoms. The van der Waals surface area contributed by atoms with E-state index in [1.165, 1.54) is 5.57 Å². The Morgan fingerprint density at radius 3 is 2.18 bits per heavy atom. The molecular weight excluding hydrogens is 644 g/mol. The summed E-state index contributed by atoms with van der Waals surface area (Å²) >= 11 is 0. The van der Waals surface area contributed by atoms with Gasteiger partial charge in [-0.2, -0.15) is 0 Å². The number of alkyl carbamates (subject to hydrolysis) is 1. The molecule has 9 heteroatoms. The number of hydrogen-bond acceptors (Lipinski definition) is 7. The summed E-state index contributed by atoms with van der Waals surface area (Å²) < 4.78 is 12.2. The van der Waals surface area contributed by atoms with Gasteiger partial charge in [0.1, 0.15) is 12.2 Å². The second-order valence-corrected chi connectivity index (χ2v) is 20.0. The van der Waals surface area contributed by atoms with Crippen molar-refractivity contribution >= 4 is 23.8 Å². The number of rotatable bonds is 7. The molecule has 0 bridgehead atoms. The Morgan fingerprint density at radius 1 is 0.882 bits per heavy atom. The van der Waals surface area contributed by atoms with Gasteiger partial charge >= 0.3 is 18.0 Å². The van der Waals surface area contributed by atoms with Crippen LogP contribution in [0, 0.1) is 50.7 Å². The number of piperidine rings is 1. The maximum absolute atomic E-state index is 13.9. The van der Waals surface area contributed by atoms with Crippen LogP contribution in [0.1, 0.15) is 139 Å². The lowest BCUT2D eigenvalue weighted by atomic mass is 9.33. The lowest BCUT2D eigenvalue weighted by molar-refractivity contribution is -0.232. The van der Waals surface area contributed by atoms with E-state index in [1.807, 2.05) is 0 Å². The number of fused-ring (bicyclic) bond motifs is 7. The molecule has 286 valence electrons. The van der Waals surface area contributed by atoms with Crippen molar-refractivity contribution in [3.63, 3.8) is 0 Å². The SMILES string of the molecule is CC(C)C1=C2C3CCC4[C@@]5(C)CC[C@H](OC(=O)CC(C)(C)C(=O)O)C(C)(C)C5CC[C@@]4(C)[C@]3(C)CCC2(NC(=O)OC2CCN(C)CC2)CC1=O. The molecule has 6 aliphatic rings. The molecule has 0 aromatic heterocycles. The lowest BCUT2D eigenvalue weighted by Crippen LogP contribution is -2.67. The molecule has 0 aromatic rings. The summed E-state index contributed by atoms with van der Waals surface area (Å²) in [5.74, 6) is -0.0978. The first-order valence-electron chi connectivity index (χ1n) is 20.0. The first-order chi connectivity index (χ1) is 23.6. The molecule has 4 saturated carbocycles. The van der Waals surface area contributed by atoms with Gasteiger partial charge in [0, 0.05) is 24.9 Å². The number of amides is 1. The number of carbonyl (C=O) groups is 4. The number of carboxylic acids is 1. The third-order valence-corrected chi connectivity index (χ3v) is 16.1.